The van der Waals surface area contributed by atoms with Gasteiger partial charge in [0.15, 0.2) is 0 Å². The molecule has 2 aromatic carbocycles. The number of benzene rings is 2. The summed E-state index contributed by atoms with van der Waals surface area (Å²) in [6.07, 6.45) is 12.3. The van der Waals surface area contributed by atoms with Crippen LogP contribution in [0, 0.1) is 12.8 Å². The molecule has 0 unspecified atom stereocenters. The third-order valence-electron chi connectivity index (χ3n) is 3.99. The summed E-state index contributed by atoms with van der Waals surface area (Å²) in [5.41, 5.74) is 3.24. The van der Waals surface area contributed by atoms with Crippen molar-refractivity contribution in [1.29, 1.82) is 0 Å². The summed E-state index contributed by atoms with van der Waals surface area (Å²) in [5.74, 6) is 0.188. The SMILES string of the molecule is CCc1cccc(C(=O)OCc2ccccc2)c1OCC1=CC=C[C][C]1. The molecule has 26 heavy (non-hydrogen) atoms. The van der Waals surface area contributed by atoms with Crippen LogP contribution in [-0.4, -0.2) is 12.6 Å². The Hall–Kier alpha value is -2.81. The number of allylic oxidation sites excluding steroid dienone is 3. The molecule has 2 aromatic rings. The molecule has 0 aromatic heterocycles. The Bertz CT molecular complexity index is 803. The molecule has 0 atom stereocenters. The average molecular weight is 344 g/mol. The van der Waals surface area contributed by atoms with Crippen molar-refractivity contribution in [3.05, 3.63) is 102 Å². The Kier molecular flexibility index (Phi) is 6.26. The third kappa shape index (κ3) is 4.63. The standard InChI is InChI=1S/C23H20O3/c1-2-20-14-9-15-21(22(20)25-16-18-10-5-3-6-11-18)23(24)26-17-19-12-7-4-8-13-19/h3-5,7-10,12-15H,2,16-17H2,1H3. The predicted molar refractivity (Wildman–Crippen MR) is 101 cm³/mol. The first-order valence-corrected chi connectivity index (χ1v) is 8.61. The molecule has 0 aliphatic heterocycles. The zero-order valence-corrected chi connectivity index (χ0v) is 14.7. The Morgan fingerprint density at radius 3 is 2.62 bits per heavy atom. The maximum Gasteiger partial charge on any atom is 0.342 e. The monoisotopic (exact) mass is 344 g/mol. The molecule has 0 fully saturated rings. The highest BCUT2D eigenvalue weighted by atomic mass is 16.5. The van der Waals surface area contributed by atoms with E-state index < -0.39 is 0 Å². The smallest absolute Gasteiger partial charge is 0.342 e. The van der Waals surface area contributed by atoms with Crippen LogP contribution in [0.25, 0.3) is 0 Å². The van der Waals surface area contributed by atoms with E-state index in [1.165, 1.54) is 0 Å². The number of rotatable bonds is 7. The average Bonchev–Trinajstić information content (AvgIpc) is 2.71. The molecule has 0 amide bonds. The van der Waals surface area contributed by atoms with Gasteiger partial charge in [0.05, 0.1) is 0 Å². The van der Waals surface area contributed by atoms with Gasteiger partial charge < -0.3 is 9.47 Å². The summed E-state index contributed by atoms with van der Waals surface area (Å²) >= 11 is 0. The number of hydrogen-bond acceptors (Lipinski definition) is 3. The second-order valence-corrected chi connectivity index (χ2v) is 5.82. The third-order valence-corrected chi connectivity index (χ3v) is 3.99. The van der Waals surface area contributed by atoms with Crippen molar-refractivity contribution in [1.82, 2.24) is 0 Å². The van der Waals surface area contributed by atoms with E-state index in [4.69, 9.17) is 9.47 Å². The second-order valence-electron chi connectivity index (χ2n) is 5.82. The van der Waals surface area contributed by atoms with Crippen molar-refractivity contribution in [2.45, 2.75) is 20.0 Å². The molecule has 3 rings (SSSR count). The number of carbonyl (C=O) groups is 1. The van der Waals surface area contributed by atoms with Gasteiger partial charge in [-0.15, -0.1) is 0 Å². The van der Waals surface area contributed by atoms with E-state index in [1.54, 1.807) is 12.1 Å². The fraction of sp³-hybridized carbons (Fsp3) is 0.174. The van der Waals surface area contributed by atoms with Crippen molar-refractivity contribution in [2.75, 3.05) is 6.61 Å². The number of ether oxygens (including phenoxy) is 2. The van der Waals surface area contributed by atoms with Crippen LogP contribution in [0.3, 0.4) is 0 Å². The van der Waals surface area contributed by atoms with E-state index in [9.17, 15) is 4.79 Å². The lowest BCUT2D eigenvalue weighted by Gasteiger charge is -2.16. The minimum atomic E-state index is -0.386. The normalized spacial score (nSPS) is 13.2. The van der Waals surface area contributed by atoms with E-state index in [0.29, 0.717) is 17.9 Å². The van der Waals surface area contributed by atoms with Gasteiger partial charge in [-0.3, -0.25) is 0 Å². The largest absolute Gasteiger partial charge is 0.488 e. The van der Waals surface area contributed by atoms with E-state index in [1.807, 2.05) is 61.5 Å². The number of esters is 1. The topological polar surface area (TPSA) is 35.5 Å². The lowest BCUT2D eigenvalue weighted by Crippen LogP contribution is -2.12. The molecule has 0 N–H and O–H groups in total. The van der Waals surface area contributed by atoms with E-state index >= 15 is 0 Å². The van der Waals surface area contributed by atoms with E-state index in [2.05, 4.69) is 12.8 Å². The minimum absolute atomic E-state index is 0.233. The second kappa shape index (κ2) is 9.04. The zero-order chi connectivity index (χ0) is 18.2. The summed E-state index contributed by atoms with van der Waals surface area (Å²) in [4.78, 5) is 12.6. The van der Waals surface area contributed by atoms with Crippen LogP contribution in [0.2, 0.25) is 0 Å². The number of para-hydroxylation sites is 1. The number of carbonyl (C=O) groups excluding carboxylic acids is 1. The highest BCUT2D eigenvalue weighted by molar-refractivity contribution is 5.93. The first-order valence-electron chi connectivity index (χ1n) is 8.61. The van der Waals surface area contributed by atoms with Gasteiger partial charge in [-0.2, -0.15) is 0 Å². The molecule has 0 bridgehead atoms. The number of aryl methyl sites for hydroxylation is 1. The fourth-order valence-electron chi connectivity index (χ4n) is 2.62. The fourth-order valence-corrected chi connectivity index (χ4v) is 2.62. The molecule has 4 radical (unpaired) electrons. The Labute approximate surface area is 155 Å². The molecular weight excluding hydrogens is 324 g/mol. The Morgan fingerprint density at radius 2 is 1.88 bits per heavy atom. The van der Waals surface area contributed by atoms with Crippen LogP contribution in [-0.2, 0) is 17.8 Å². The van der Waals surface area contributed by atoms with Gasteiger partial charge in [0.2, 0.25) is 0 Å². The van der Waals surface area contributed by atoms with Gasteiger partial charge in [-0.05, 0) is 29.2 Å². The zero-order valence-electron chi connectivity index (χ0n) is 14.7. The van der Waals surface area contributed by atoms with Crippen LogP contribution in [0.4, 0.5) is 0 Å². The molecular formula is C23H20O3. The maximum atomic E-state index is 12.6. The molecule has 0 saturated heterocycles. The van der Waals surface area contributed by atoms with Crippen LogP contribution in [0.15, 0.2) is 72.3 Å². The van der Waals surface area contributed by atoms with Gasteiger partial charge in [0.25, 0.3) is 0 Å². The number of hydrogen-bond donors (Lipinski definition) is 0. The minimum Gasteiger partial charge on any atom is -0.488 e. The van der Waals surface area contributed by atoms with Crippen molar-refractivity contribution >= 4 is 5.97 Å². The van der Waals surface area contributed by atoms with Gasteiger partial charge >= 0.3 is 5.97 Å². The van der Waals surface area contributed by atoms with Gasteiger partial charge in [0.1, 0.15) is 24.5 Å². The Morgan fingerprint density at radius 1 is 1.04 bits per heavy atom. The first-order chi connectivity index (χ1) is 12.8. The molecule has 0 saturated carbocycles. The van der Waals surface area contributed by atoms with Crippen LogP contribution < -0.4 is 4.74 Å². The van der Waals surface area contributed by atoms with Gasteiger partial charge in [-0.25, -0.2) is 4.79 Å². The molecule has 130 valence electrons. The lowest BCUT2D eigenvalue weighted by molar-refractivity contribution is 0.0468. The first kappa shape index (κ1) is 18.0. The van der Waals surface area contributed by atoms with E-state index in [-0.39, 0.29) is 12.6 Å². The summed E-state index contributed by atoms with van der Waals surface area (Å²) in [6, 6.07) is 15.2. The van der Waals surface area contributed by atoms with Crippen molar-refractivity contribution in [2.24, 2.45) is 0 Å². The van der Waals surface area contributed by atoms with Crippen molar-refractivity contribution in [3.63, 3.8) is 0 Å². The highest BCUT2D eigenvalue weighted by Gasteiger charge is 2.18. The van der Waals surface area contributed by atoms with Gasteiger partial charge in [0, 0.05) is 12.8 Å². The summed E-state index contributed by atoms with van der Waals surface area (Å²) < 4.78 is 11.4. The molecule has 3 nitrogen and oxygen atoms in total. The van der Waals surface area contributed by atoms with Crippen LogP contribution >= 0.6 is 0 Å². The molecule has 1 aliphatic carbocycles. The Balaban J connectivity index is 1.73. The molecule has 0 heterocycles. The maximum absolute atomic E-state index is 12.6. The van der Waals surface area contributed by atoms with Gasteiger partial charge in [-0.1, -0.05) is 67.6 Å². The summed E-state index contributed by atoms with van der Waals surface area (Å²) in [7, 11) is 0. The molecule has 0 spiro atoms. The van der Waals surface area contributed by atoms with Crippen LogP contribution in [0.1, 0.15) is 28.4 Å². The summed E-state index contributed by atoms with van der Waals surface area (Å²) in [6.45, 7) is 2.59. The molecule has 3 heteroatoms. The quantitative estimate of drug-likeness (QED) is 0.686. The van der Waals surface area contributed by atoms with Crippen molar-refractivity contribution < 1.29 is 14.3 Å². The predicted octanol–water partition coefficient (Wildman–Crippen LogP) is 4.64. The van der Waals surface area contributed by atoms with Crippen LogP contribution in [0.5, 0.6) is 5.75 Å². The lowest BCUT2D eigenvalue weighted by atomic mass is 10.0. The van der Waals surface area contributed by atoms with Crippen molar-refractivity contribution in [3.8, 4) is 5.75 Å². The molecule has 1 aliphatic rings. The van der Waals surface area contributed by atoms with E-state index in [0.717, 1.165) is 23.1 Å². The highest BCUT2D eigenvalue weighted by Crippen LogP contribution is 2.27. The summed E-state index contributed by atoms with van der Waals surface area (Å²) in [5, 5.41) is 0.